The molecular formula is C13H7N3S2. The van der Waals surface area contributed by atoms with Crippen molar-refractivity contribution >= 4 is 33.3 Å². The van der Waals surface area contributed by atoms with Crippen LogP contribution in [-0.2, 0) is 0 Å². The number of nitriles is 1. The summed E-state index contributed by atoms with van der Waals surface area (Å²) in [5, 5.41) is 9.72. The fourth-order valence-electron chi connectivity index (χ4n) is 1.53. The minimum Gasteiger partial charge on any atom is -0.248 e. The lowest BCUT2D eigenvalue weighted by Gasteiger charge is -1.97. The van der Waals surface area contributed by atoms with Gasteiger partial charge >= 0.3 is 0 Å². The number of nitrogens with zero attached hydrogens (tertiary/aromatic N) is 3. The lowest BCUT2D eigenvalue weighted by molar-refractivity contribution is 1.11. The first-order valence-corrected chi connectivity index (χ1v) is 6.88. The zero-order chi connectivity index (χ0) is 12.4. The Hall–Kier alpha value is -1.90. The lowest BCUT2D eigenvalue weighted by Crippen LogP contribution is -1.84. The smallest absolute Gasteiger partial charge is 0.157 e. The van der Waals surface area contributed by atoms with E-state index in [-0.39, 0.29) is 0 Å². The van der Waals surface area contributed by atoms with E-state index in [1.807, 2.05) is 24.3 Å². The number of fused-ring (bicyclic) bond motifs is 1. The summed E-state index contributed by atoms with van der Waals surface area (Å²) in [6, 6.07) is 13.7. The molecule has 0 aliphatic carbocycles. The number of para-hydroxylation sites is 1. The molecule has 0 N–H and O–H groups in total. The van der Waals surface area contributed by atoms with Crippen LogP contribution < -0.4 is 0 Å². The quantitative estimate of drug-likeness (QED) is 0.711. The van der Waals surface area contributed by atoms with Crippen molar-refractivity contribution in [2.45, 2.75) is 9.37 Å². The first-order chi connectivity index (χ1) is 8.86. The number of thiazole rings is 1. The Labute approximate surface area is 112 Å². The van der Waals surface area contributed by atoms with E-state index >= 15 is 0 Å². The Bertz CT molecular complexity index is 710. The lowest BCUT2D eigenvalue weighted by atomic mass is 10.3. The molecule has 0 bridgehead atoms. The summed E-state index contributed by atoms with van der Waals surface area (Å²) in [6.07, 6.45) is 1.69. The highest BCUT2D eigenvalue weighted by Gasteiger charge is 2.09. The van der Waals surface area contributed by atoms with Crippen LogP contribution in [0.4, 0.5) is 0 Å². The van der Waals surface area contributed by atoms with Crippen LogP contribution in [0.15, 0.2) is 52.0 Å². The van der Waals surface area contributed by atoms with E-state index in [1.54, 1.807) is 29.7 Å². The van der Waals surface area contributed by atoms with Gasteiger partial charge in [-0.1, -0.05) is 12.1 Å². The van der Waals surface area contributed by atoms with E-state index in [1.165, 1.54) is 11.8 Å². The highest BCUT2D eigenvalue weighted by Crippen LogP contribution is 2.34. The second-order valence-corrected chi connectivity index (χ2v) is 5.78. The van der Waals surface area contributed by atoms with Gasteiger partial charge in [-0.05, 0) is 36.0 Å². The molecule has 86 valence electrons. The molecule has 0 spiro atoms. The first-order valence-electron chi connectivity index (χ1n) is 5.25. The molecule has 0 atom stereocenters. The molecule has 2 aromatic heterocycles. The van der Waals surface area contributed by atoms with Crippen molar-refractivity contribution in [3.63, 3.8) is 0 Å². The van der Waals surface area contributed by atoms with Gasteiger partial charge in [-0.15, -0.1) is 11.3 Å². The summed E-state index contributed by atoms with van der Waals surface area (Å²) in [5.41, 5.74) is 1.57. The average molecular weight is 269 g/mol. The number of hydrogen-bond donors (Lipinski definition) is 0. The number of hydrogen-bond acceptors (Lipinski definition) is 5. The van der Waals surface area contributed by atoms with Crippen LogP contribution >= 0.6 is 23.1 Å². The standard InChI is InChI=1S/C13H7N3S2/c14-8-9-4-3-7-15-12(9)18-13-16-10-5-1-2-6-11(10)17-13/h1-7H. The van der Waals surface area contributed by atoms with Gasteiger partial charge in [-0.3, -0.25) is 0 Å². The molecule has 0 aliphatic rings. The third kappa shape index (κ3) is 2.08. The van der Waals surface area contributed by atoms with Gasteiger partial charge in [0.25, 0.3) is 0 Å². The van der Waals surface area contributed by atoms with Crippen LogP contribution in [-0.4, -0.2) is 9.97 Å². The molecule has 0 saturated heterocycles. The Morgan fingerprint density at radius 3 is 2.89 bits per heavy atom. The van der Waals surface area contributed by atoms with E-state index < -0.39 is 0 Å². The first kappa shape index (κ1) is 11.2. The average Bonchev–Trinajstić information content (AvgIpc) is 2.81. The zero-order valence-electron chi connectivity index (χ0n) is 9.20. The van der Waals surface area contributed by atoms with Gasteiger partial charge in [0.05, 0.1) is 15.8 Å². The summed E-state index contributed by atoms with van der Waals surface area (Å²) >= 11 is 3.05. The third-order valence-electron chi connectivity index (χ3n) is 2.35. The van der Waals surface area contributed by atoms with Crippen molar-refractivity contribution in [3.8, 4) is 6.07 Å². The van der Waals surface area contributed by atoms with Crippen LogP contribution in [0.5, 0.6) is 0 Å². The van der Waals surface area contributed by atoms with Crippen molar-refractivity contribution in [2.75, 3.05) is 0 Å². The van der Waals surface area contributed by atoms with Crippen molar-refractivity contribution in [3.05, 3.63) is 48.2 Å². The van der Waals surface area contributed by atoms with Gasteiger partial charge in [0, 0.05) is 6.20 Å². The number of pyridine rings is 1. The fraction of sp³-hybridized carbons (Fsp3) is 0. The van der Waals surface area contributed by atoms with Crippen molar-refractivity contribution in [1.82, 2.24) is 9.97 Å². The van der Waals surface area contributed by atoms with Crippen LogP contribution in [0.3, 0.4) is 0 Å². The van der Waals surface area contributed by atoms with Crippen LogP contribution in [0.2, 0.25) is 0 Å². The van der Waals surface area contributed by atoms with Crippen LogP contribution in [0.25, 0.3) is 10.2 Å². The monoisotopic (exact) mass is 269 g/mol. The molecule has 0 aliphatic heterocycles. The second kappa shape index (κ2) is 4.77. The maximum atomic E-state index is 9.02. The Morgan fingerprint density at radius 1 is 1.17 bits per heavy atom. The van der Waals surface area contributed by atoms with Gasteiger partial charge in [0.15, 0.2) is 4.34 Å². The normalized spacial score (nSPS) is 10.4. The number of aromatic nitrogens is 2. The van der Waals surface area contributed by atoms with Gasteiger partial charge in [-0.2, -0.15) is 5.26 Å². The Morgan fingerprint density at radius 2 is 2.06 bits per heavy atom. The minimum absolute atomic E-state index is 0.585. The largest absolute Gasteiger partial charge is 0.248 e. The van der Waals surface area contributed by atoms with E-state index in [0.29, 0.717) is 10.6 Å². The molecular weight excluding hydrogens is 262 g/mol. The third-order valence-corrected chi connectivity index (χ3v) is 4.47. The molecule has 0 fully saturated rings. The Balaban J connectivity index is 1.99. The molecule has 0 saturated carbocycles. The summed E-state index contributed by atoms with van der Waals surface area (Å²) < 4.78 is 2.06. The maximum absolute atomic E-state index is 9.02. The highest BCUT2D eigenvalue weighted by molar-refractivity contribution is 8.01. The van der Waals surface area contributed by atoms with E-state index in [9.17, 15) is 0 Å². The molecule has 1 aromatic carbocycles. The van der Waals surface area contributed by atoms with Crippen molar-refractivity contribution < 1.29 is 0 Å². The topological polar surface area (TPSA) is 49.6 Å². The maximum Gasteiger partial charge on any atom is 0.157 e. The fourth-order valence-corrected chi connectivity index (χ4v) is 3.55. The molecule has 3 aromatic rings. The highest BCUT2D eigenvalue weighted by atomic mass is 32.2. The van der Waals surface area contributed by atoms with Gasteiger partial charge in [0.1, 0.15) is 11.1 Å². The molecule has 2 heterocycles. The second-order valence-electron chi connectivity index (χ2n) is 3.52. The number of benzene rings is 1. The molecule has 18 heavy (non-hydrogen) atoms. The molecule has 0 unspecified atom stereocenters. The SMILES string of the molecule is N#Cc1cccnc1Sc1nc2ccccc2s1. The molecule has 5 heteroatoms. The van der Waals surface area contributed by atoms with Gasteiger partial charge in [-0.25, -0.2) is 9.97 Å². The van der Waals surface area contributed by atoms with Crippen molar-refractivity contribution in [2.24, 2.45) is 0 Å². The number of rotatable bonds is 2. The van der Waals surface area contributed by atoms with Crippen LogP contribution in [0, 0.1) is 11.3 Å². The molecule has 0 radical (unpaired) electrons. The minimum atomic E-state index is 0.585. The predicted molar refractivity (Wildman–Crippen MR) is 72.7 cm³/mol. The van der Waals surface area contributed by atoms with Gasteiger partial charge < -0.3 is 0 Å². The van der Waals surface area contributed by atoms with E-state index in [0.717, 1.165) is 14.6 Å². The molecule has 0 amide bonds. The van der Waals surface area contributed by atoms with E-state index in [4.69, 9.17) is 5.26 Å². The molecule has 3 nitrogen and oxygen atoms in total. The zero-order valence-corrected chi connectivity index (χ0v) is 10.8. The Kier molecular flexibility index (Phi) is 2.97. The summed E-state index contributed by atoms with van der Waals surface area (Å²) in [7, 11) is 0. The summed E-state index contributed by atoms with van der Waals surface area (Å²) in [4.78, 5) is 8.74. The van der Waals surface area contributed by atoms with Gasteiger partial charge in [0.2, 0.25) is 0 Å². The molecule has 3 rings (SSSR count). The summed E-state index contributed by atoms with van der Waals surface area (Å²) in [6.45, 7) is 0. The van der Waals surface area contributed by atoms with Crippen LogP contribution in [0.1, 0.15) is 5.56 Å². The summed E-state index contributed by atoms with van der Waals surface area (Å²) in [5.74, 6) is 0. The van der Waals surface area contributed by atoms with Crippen molar-refractivity contribution in [1.29, 1.82) is 5.26 Å². The van der Waals surface area contributed by atoms with E-state index in [2.05, 4.69) is 16.0 Å². The predicted octanol–water partition coefficient (Wildman–Crippen LogP) is 3.71.